The van der Waals surface area contributed by atoms with Gasteiger partial charge in [-0.25, -0.2) is 4.39 Å². The summed E-state index contributed by atoms with van der Waals surface area (Å²) in [6.45, 7) is 4.36. The van der Waals surface area contributed by atoms with Crippen LogP contribution >= 0.6 is 0 Å². The number of aryl methyl sites for hydroxylation is 1. The monoisotopic (exact) mass is 301 g/mol. The van der Waals surface area contributed by atoms with Gasteiger partial charge in [0.25, 0.3) is 5.56 Å². The van der Waals surface area contributed by atoms with Crippen LogP contribution in [0.15, 0.2) is 29.1 Å². The summed E-state index contributed by atoms with van der Waals surface area (Å²) in [6, 6.07) is 8.31. The van der Waals surface area contributed by atoms with Crippen LogP contribution in [0.4, 0.5) is 4.39 Å². The van der Waals surface area contributed by atoms with Crippen LogP contribution in [0, 0.1) is 31.0 Å². The number of hydrogen-bond donors (Lipinski definition) is 1. The number of aromatic nitrogens is 2. The molecule has 0 aliphatic heterocycles. The average Bonchev–Trinajstić information content (AvgIpc) is 2.45. The van der Waals surface area contributed by atoms with Gasteiger partial charge < -0.3 is 4.90 Å². The minimum atomic E-state index is -0.385. The molecule has 0 aliphatic carbocycles. The van der Waals surface area contributed by atoms with Crippen molar-refractivity contribution in [3.05, 3.63) is 62.8 Å². The Morgan fingerprint density at radius 3 is 2.77 bits per heavy atom. The lowest BCUT2D eigenvalue weighted by molar-refractivity contribution is -0.917. The van der Waals surface area contributed by atoms with E-state index in [0.717, 1.165) is 10.5 Å². The lowest BCUT2D eigenvalue weighted by Gasteiger charge is -2.16. The van der Waals surface area contributed by atoms with Gasteiger partial charge in [0.05, 0.1) is 12.7 Å². The number of nitriles is 1. The Kier molecular flexibility index (Phi) is 4.68. The third-order valence-corrected chi connectivity index (χ3v) is 3.56. The molecule has 1 atom stereocenters. The van der Waals surface area contributed by atoms with Gasteiger partial charge in [-0.1, -0.05) is 12.1 Å². The van der Waals surface area contributed by atoms with Gasteiger partial charge in [0.15, 0.2) is 6.67 Å². The van der Waals surface area contributed by atoms with Crippen LogP contribution < -0.4 is 10.5 Å². The zero-order valence-electron chi connectivity index (χ0n) is 12.9. The van der Waals surface area contributed by atoms with Crippen LogP contribution in [0.25, 0.3) is 0 Å². The van der Waals surface area contributed by atoms with E-state index in [0.29, 0.717) is 24.5 Å². The Balaban J connectivity index is 2.22. The number of hydrogen-bond acceptors (Lipinski definition) is 3. The summed E-state index contributed by atoms with van der Waals surface area (Å²) in [5.41, 5.74) is 1.87. The first kappa shape index (κ1) is 15.9. The van der Waals surface area contributed by atoms with Gasteiger partial charge in [0.2, 0.25) is 0 Å². The Morgan fingerprint density at radius 2 is 2.14 bits per heavy atom. The van der Waals surface area contributed by atoms with E-state index in [1.807, 2.05) is 19.2 Å². The van der Waals surface area contributed by atoms with E-state index in [1.54, 1.807) is 19.9 Å². The van der Waals surface area contributed by atoms with E-state index in [9.17, 15) is 9.18 Å². The minimum Gasteiger partial charge on any atom is -0.315 e. The van der Waals surface area contributed by atoms with Crippen molar-refractivity contribution < 1.29 is 9.29 Å². The van der Waals surface area contributed by atoms with E-state index in [-0.39, 0.29) is 16.9 Å². The van der Waals surface area contributed by atoms with E-state index >= 15 is 0 Å². The molecule has 0 saturated carbocycles. The molecule has 0 spiro atoms. The SMILES string of the molecule is Cc1nn(C[NH+](C)Cc2cccc(F)c2)c(=O)c(C#N)c1C. The molecule has 114 valence electrons. The number of benzene rings is 1. The molecule has 5 nitrogen and oxygen atoms in total. The second kappa shape index (κ2) is 6.50. The van der Waals surface area contributed by atoms with Gasteiger partial charge in [-0.05, 0) is 31.5 Å². The fourth-order valence-electron chi connectivity index (χ4n) is 2.32. The summed E-state index contributed by atoms with van der Waals surface area (Å²) < 4.78 is 14.5. The predicted molar refractivity (Wildman–Crippen MR) is 79.7 cm³/mol. The maximum absolute atomic E-state index is 13.2. The quantitative estimate of drug-likeness (QED) is 0.897. The Bertz CT molecular complexity index is 792. The van der Waals surface area contributed by atoms with Crippen LogP contribution in [-0.2, 0) is 13.2 Å². The van der Waals surface area contributed by atoms with Gasteiger partial charge in [-0.2, -0.15) is 15.0 Å². The standard InChI is InChI=1S/C16H17FN4O/c1-11-12(2)19-21(16(22)15(11)8-18)10-20(3)9-13-5-4-6-14(17)7-13/h4-7H,9-10H2,1-3H3/p+1. The molecule has 0 fully saturated rings. The molecule has 22 heavy (non-hydrogen) atoms. The fourth-order valence-corrected chi connectivity index (χ4v) is 2.32. The van der Waals surface area contributed by atoms with Crippen LogP contribution in [-0.4, -0.2) is 16.8 Å². The second-order valence-electron chi connectivity index (χ2n) is 5.42. The highest BCUT2D eigenvalue weighted by atomic mass is 19.1. The number of halogens is 1. The van der Waals surface area contributed by atoms with Crippen molar-refractivity contribution in [2.24, 2.45) is 0 Å². The summed E-state index contributed by atoms with van der Waals surface area (Å²) in [6.07, 6.45) is 0. The van der Waals surface area contributed by atoms with Crippen LogP contribution in [0.5, 0.6) is 0 Å². The molecule has 0 radical (unpaired) electrons. The molecule has 2 rings (SSSR count). The molecule has 0 aliphatic rings. The summed E-state index contributed by atoms with van der Waals surface area (Å²) >= 11 is 0. The molecule has 1 aromatic carbocycles. The first-order valence-corrected chi connectivity index (χ1v) is 6.96. The summed E-state index contributed by atoms with van der Waals surface area (Å²) in [4.78, 5) is 13.2. The summed E-state index contributed by atoms with van der Waals surface area (Å²) in [5, 5.41) is 13.3. The number of quaternary nitrogens is 1. The molecule has 2 aromatic rings. The molecule has 1 unspecified atom stereocenters. The Morgan fingerprint density at radius 1 is 1.41 bits per heavy atom. The smallest absolute Gasteiger partial charge is 0.289 e. The highest BCUT2D eigenvalue weighted by Gasteiger charge is 2.14. The molecule has 0 amide bonds. The van der Waals surface area contributed by atoms with Crippen molar-refractivity contribution >= 4 is 0 Å². The number of rotatable bonds is 4. The van der Waals surface area contributed by atoms with Gasteiger partial charge in [0, 0.05) is 5.56 Å². The third-order valence-electron chi connectivity index (χ3n) is 3.56. The van der Waals surface area contributed by atoms with Crippen molar-refractivity contribution in [3.63, 3.8) is 0 Å². The molecular weight excluding hydrogens is 283 g/mol. The lowest BCUT2D eigenvalue weighted by Crippen LogP contribution is -3.07. The van der Waals surface area contributed by atoms with Crippen molar-refractivity contribution in [3.8, 4) is 6.07 Å². The normalized spacial score (nSPS) is 12.0. The van der Waals surface area contributed by atoms with Gasteiger partial charge in [-0.15, -0.1) is 0 Å². The molecular formula is C16H18FN4O+. The largest absolute Gasteiger partial charge is 0.315 e. The highest BCUT2D eigenvalue weighted by molar-refractivity contribution is 5.36. The summed E-state index contributed by atoms with van der Waals surface area (Å²) in [7, 11) is 1.89. The van der Waals surface area contributed by atoms with Crippen molar-refractivity contribution in [1.29, 1.82) is 5.26 Å². The van der Waals surface area contributed by atoms with Crippen LogP contribution in [0.2, 0.25) is 0 Å². The third kappa shape index (κ3) is 3.38. The van der Waals surface area contributed by atoms with Crippen molar-refractivity contribution in [2.45, 2.75) is 27.1 Å². The Hall–Kier alpha value is -2.52. The van der Waals surface area contributed by atoms with Crippen LogP contribution in [0.3, 0.4) is 0 Å². The second-order valence-corrected chi connectivity index (χ2v) is 5.42. The minimum absolute atomic E-state index is 0.131. The van der Waals surface area contributed by atoms with Gasteiger partial charge in [0.1, 0.15) is 24.0 Å². The number of nitrogens with zero attached hydrogens (tertiary/aromatic N) is 3. The molecule has 0 saturated heterocycles. The molecule has 1 heterocycles. The van der Waals surface area contributed by atoms with E-state index < -0.39 is 0 Å². The van der Waals surface area contributed by atoms with E-state index in [4.69, 9.17) is 5.26 Å². The van der Waals surface area contributed by atoms with Gasteiger partial charge in [-0.3, -0.25) is 4.79 Å². The first-order valence-electron chi connectivity index (χ1n) is 6.96. The van der Waals surface area contributed by atoms with Crippen LogP contribution in [0.1, 0.15) is 22.4 Å². The van der Waals surface area contributed by atoms with Crippen molar-refractivity contribution in [1.82, 2.24) is 9.78 Å². The number of nitrogens with one attached hydrogen (secondary N) is 1. The highest BCUT2D eigenvalue weighted by Crippen LogP contribution is 2.04. The maximum atomic E-state index is 13.2. The topological polar surface area (TPSA) is 63.1 Å². The Labute approximate surface area is 128 Å². The molecule has 0 bridgehead atoms. The molecule has 1 aromatic heterocycles. The average molecular weight is 301 g/mol. The lowest BCUT2D eigenvalue weighted by atomic mass is 10.1. The first-order chi connectivity index (χ1) is 10.4. The summed E-state index contributed by atoms with van der Waals surface area (Å²) in [5.74, 6) is -0.279. The zero-order valence-corrected chi connectivity index (χ0v) is 12.9. The molecule has 1 N–H and O–H groups in total. The maximum Gasteiger partial charge on any atom is 0.289 e. The van der Waals surface area contributed by atoms with Crippen molar-refractivity contribution in [2.75, 3.05) is 7.05 Å². The van der Waals surface area contributed by atoms with E-state index in [2.05, 4.69) is 5.10 Å². The van der Waals surface area contributed by atoms with E-state index in [1.165, 1.54) is 16.8 Å². The van der Waals surface area contributed by atoms with Gasteiger partial charge >= 0.3 is 0 Å². The molecule has 6 heteroatoms. The fraction of sp³-hybridized carbons (Fsp3) is 0.312. The predicted octanol–water partition coefficient (Wildman–Crippen LogP) is 0.543. The zero-order chi connectivity index (χ0) is 16.3.